The summed E-state index contributed by atoms with van der Waals surface area (Å²) in [5.74, 6) is 0. The van der Waals surface area contributed by atoms with Crippen LogP contribution < -0.4 is 15.9 Å². The van der Waals surface area contributed by atoms with Crippen LogP contribution in [0.2, 0.25) is 0 Å². The number of methoxy groups -OCH3 is 1. The van der Waals surface area contributed by atoms with E-state index in [0.717, 1.165) is 21.5 Å². The van der Waals surface area contributed by atoms with Crippen molar-refractivity contribution in [3.8, 4) is 0 Å². The number of hydrogen-bond donors (Lipinski definition) is 0. The lowest BCUT2D eigenvalue weighted by Crippen LogP contribution is -2.24. The van der Waals surface area contributed by atoms with Crippen molar-refractivity contribution in [2.75, 3.05) is 7.11 Å². The van der Waals surface area contributed by atoms with E-state index < -0.39 is 7.14 Å². The Morgan fingerprint density at radius 3 is 1.57 bits per heavy atom. The zero-order valence-corrected chi connectivity index (χ0v) is 13.9. The van der Waals surface area contributed by atoms with Crippen molar-refractivity contribution in [1.29, 1.82) is 0 Å². The van der Waals surface area contributed by atoms with E-state index in [1.807, 2.05) is 84.9 Å². The second kappa shape index (κ2) is 6.95. The first-order chi connectivity index (χ1) is 11.2. The highest BCUT2D eigenvalue weighted by Gasteiger charge is 2.29. The van der Waals surface area contributed by atoms with E-state index in [1.165, 1.54) is 0 Å². The van der Waals surface area contributed by atoms with Crippen LogP contribution in [0.3, 0.4) is 0 Å². The van der Waals surface area contributed by atoms with Gasteiger partial charge in [-0.1, -0.05) is 84.9 Å². The highest BCUT2D eigenvalue weighted by molar-refractivity contribution is 7.85. The van der Waals surface area contributed by atoms with Crippen molar-refractivity contribution >= 4 is 23.1 Å². The molecule has 0 heterocycles. The van der Waals surface area contributed by atoms with Gasteiger partial charge in [0.05, 0.1) is 6.61 Å². The van der Waals surface area contributed by atoms with Crippen molar-refractivity contribution in [2.24, 2.45) is 0 Å². The molecule has 0 aliphatic heterocycles. The molecule has 0 spiro atoms. The Bertz CT molecular complexity index is 753. The minimum Gasteiger partial charge on any atom is -0.380 e. The fourth-order valence-electron chi connectivity index (χ4n) is 2.69. The van der Waals surface area contributed by atoms with Gasteiger partial charge in [-0.25, -0.2) is 0 Å². The van der Waals surface area contributed by atoms with Crippen LogP contribution in [0.25, 0.3) is 0 Å². The summed E-state index contributed by atoms with van der Waals surface area (Å²) in [5.41, 5.74) is 1.07. The number of rotatable bonds is 5. The maximum Gasteiger partial charge on any atom is 0.171 e. The van der Waals surface area contributed by atoms with Gasteiger partial charge in [-0.2, -0.15) is 0 Å². The Balaban J connectivity index is 2.15. The topological polar surface area (TPSA) is 26.3 Å². The summed E-state index contributed by atoms with van der Waals surface area (Å²) < 4.78 is 19.2. The minimum absolute atomic E-state index is 0.557. The average molecular weight is 322 g/mol. The van der Waals surface area contributed by atoms with Gasteiger partial charge in [-0.3, -0.25) is 0 Å². The maximum absolute atomic E-state index is 14.1. The summed E-state index contributed by atoms with van der Waals surface area (Å²) in [6.45, 7) is 0.557. The molecule has 0 saturated carbocycles. The molecule has 0 fully saturated rings. The lowest BCUT2D eigenvalue weighted by Gasteiger charge is -2.20. The third-order valence-corrected chi connectivity index (χ3v) is 6.93. The van der Waals surface area contributed by atoms with Crippen LogP contribution in [0, 0.1) is 0 Å². The van der Waals surface area contributed by atoms with Crippen LogP contribution >= 0.6 is 7.14 Å². The molecule has 3 rings (SSSR count). The number of benzene rings is 3. The fraction of sp³-hybridized carbons (Fsp3) is 0.100. The van der Waals surface area contributed by atoms with Gasteiger partial charge < -0.3 is 9.30 Å². The molecule has 0 amide bonds. The molecule has 0 unspecified atom stereocenters. The molecule has 0 aliphatic carbocycles. The molecular weight excluding hydrogens is 303 g/mol. The molecule has 0 N–H and O–H groups in total. The second-order valence-electron chi connectivity index (χ2n) is 5.38. The lowest BCUT2D eigenvalue weighted by molar-refractivity contribution is 0.185. The summed E-state index contributed by atoms with van der Waals surface area (Å²) in [5, 5.41) is 2.55. The van der Waals surface area contributed by atoms with E-state index in [2.05, 4.69) is 0 Å². The van der Waals surface area contributed by atoms with Gasteiger partial charge in [0.2, 0.25) is 0 Å². The van der Waals surface area contributed by atoms with Crippen LogP contribution in [0.15, 0.2) is 84.9 Å². The maximum atomic E-state index is 14.1. The van der Waals surface area contributed by atoms with Crippen LogP contribution in [-0.4, -0.2) is 7.11 Å². The van der Waals surface area contributed by atoms with Gasteiger partial charge in [0.15, 0.2) is 7.14 Å². The average Bonchev–Trinajstić information content (AvgIpc) is 2.63. The molecule has 0 radical (unpaired) electrons. The Morgan fingerprint density at radius 1 is 0.696 bits per heavy atom. The molecule has 2 nitrogen and oxygen atoms in total. The van der Waals surface area contributed by atoms with Gasteiger partial charge in [0.1, 0.15) is 0 Å². The number of hydrogen-bond acceptors (Lipinski definition) is 2. The Kier molecular flexibility index (Phi) is 4.76. The van der Waals surface area contributed by atoms with Crippen molar-refractivity contribution in [3.63, 3.8) is 0 Å². The van der Waals surface area contributed by atoms with Crippen LogP contribution in [-0.2, 0) is 15.9 Å². The van der Waals surface area contributed by atoms with E-state index in [1.54, 1.807) is 7.11 Å². The molecule has 0 aromatic heterocycles. The van der Waals surface area contributed by atoms with E-state index in [4.69, 9.17) is 4.74 Å². The van der Waals surface area contributed by atoms with Crippen molar-refractivity contribution in [2.45, 2.75) is 6.61 Å². The van der Waals surface area contributed by atoms with Gasteiger partial charge in [0.25, 0.3) is 0 Å². The molecular formula is C20H19O2P. The standard InChI is InChI=1S/C20H19O2P/c1-22-16-17-12-14-20(15-13-17)23(21,18-8-4-2-5-9-18)19-10-6-3-7-11-19/h2-15H,16H2,1H3. The van der Waals surface area contributed by atoms with Crippen molar-refractivity contribution in [3.05, 3.63) is 90.5 Å². The second-order valence-corrected chi connectivity index (χ2v) is 8.15. The van der Waals surface area contributed by atoms with E-state index in [9.17, 15) is 4.57 Å². The summed E-state index contributed by atoms with van der Waals surface area (Å²) in [4.78, 5) is 0. The molecule has 0 aliphatic rings. The minimum atomic E-state index is -2.86. The molecule has 0 saturated heterocycles. The highest BCUT2D eigenvalue weighted by Crippen LogP contribution is 2.42. The molecule has 3 aromatic rings. The van der Waals surface area contributed by atoms with Gasteiger partial charge in [-0.05, 0) is 5.56 Å². The SMILES string of the molecule is COCc1ccc(P(=O)(c2ccccc2)c2ccccc2)cc1. The first kappa shape index (κ1) is 15.7. The third kappa shape index (κ3) is 3.14. The Labute approximate surface area is 137 Å². The zero-order valence-electron chi connectivity index (χ0n) is 13.1. The normalized spacial score (nSPS) is 11.3. The third-order valence-electron chi connectivity index (χ3n) is 3.85. The first-order valence-corrected chi connectivity index (χ1v) is 9.25. The molecule has 116 valence electrons. The van der Waals surface area contributed by atoms with Gasteiger partial charge in [-0.15, -0.1) is 0 Å². The Hall–Kier alpha value is -2.15. The quantitative estimate of drug-likeness (QED) is 0.672. The number of ether oxygens (including phenoxy) is 1. The van der Waals surface area contributed by atoms with Crippen LogP contribution in [0.1, 0.15) is 5.56 Å². The molecule has 3 aromatic carbocycles. The molecule has 0 bridgehead atoms. The van der Waals surface area contributed by atoms with Crippen LogP contribution in [0.4, 0.5) is 0 Å². The van der Waals surface area contributed by atoms with Crippen LogP contribution in [0.5, 0.6) is 0 Å². The molecule has 0 atom stereocenters. The monoisotopic (exact) mass is 322 g/mol. The lowest BCUT2D eigenvalue weighted by atomic mass is 10.2. The van der Waals surface area contributed by atoms with Crippen molar-refractivity contribution < 1.29 is 9.30 Å². The summed E-state index contributed by atoms with van der Waals surface area (Å²) in [6.07, 6.45) is 0. The predicted octanol–water partition coefficient (Wildman–Crippen LogP) is 3.47. The highest BCUT2D eigenvalue weighted by atomic mass is 31.2. The largest absolute Gasteiger partial charge is 0.380 e. The smallest absolute Gasteiger partial charge is 0.171 e. The van der Waals surface area contributed by atoms with E-state index >= 15 is 0 Å². The van der Waals surface area contributed by atoms with Crippen molar-refractivity contribution in [1.82, 2.24) is 0 Å². The first-order valence-electron chi connectivity index (χ1n) is 7.55. The Morgan fingerprint density at radius 2 is 1.13 bits per heavy atom. The summed E-state index contributed by atoms with van der Waals surface area (Å²) in [6, 6.07) is 27.3. The summed E-state index contributed by atoms with van der Waals surface area (Å²) >= 11 is 0. The van der Waals surface area contributed by atoms with E-state index in [0.29, 0.717) is 6.61 Å². The molecule has 3 heteroatoms. The van der Waals surface area contributed by atoms with Gasteiger partial charge in [0, 0.05) is 23.0 Å². The fourth-order valence-corrected chi connectivity index (χ4v) is 5.34. The predicted molar refractivity (Wildman–Crippen MR) is 96.5 cm³/mol. The summed E-state index contributed by atoms with van der Waals surface area (Å²) in [7, 11) is -1.18. The van der Waals surface area contributed by atoms with E-state index in [-0.39, 0.29) is 0 Å². The van der Waals surface area contributed by atoms with Gasteiger partial charge >= 0.3 is 0 Å². The molecule has 23 heavy (non-hydrogen) atoms. The zero-order chi connectivity index (χ0) is 16.1.